The summed E-state index contributed by atoms with van der Waals surface area (Å²) in [5.41, 5.74) is 3.18. The minimum Gasteiger partial charge on any atom is -0.361 e. The van der Waals surface area contributed by atoms with Crippen molar-refractivity contribution in [1.82, 2.24) is 24.8 Å². The van der Waals surface area contributed by atoms with Crippen LogP contribution in [0.2, 0.25) is 0 Å². The van der Waals surface area contributed by atoms with Crippen molar-refractivity contribution >= 4 is 27.4 Å². The molecule has 4 heterocycles. The fourth-order valence-corrected chi connectivity index (χ4v) is 4.78. The zero-order chi connectivity index (χ0) is 21.0. The predicted octanol–water partition coefficient (Wildman–Crippen LogP) is 3.77. The fraction of sp³-hybridized carbons (Fsp3) is 0.304. The number of benzene rings is 1. The van der Waals surface area contributed by atoms with Crippen molar-refractivity contribution in [3.05, 3.63) is 70.2 Å². The quantitative estimate of drug-likeness (QED) is 0.482. The minimum absolute atomic E-state index is 0.166. The first kappa shape index (κ1) is 19.8. The Morgan fingerprint density at radius 3 is 2.81 bits per heavy atom. The highest BCUT2D eigenvalue weighted by Gasteiger charge is 2.20. The van der Waals surface area contributed by atoms with Crippen molar-refractivity contribution in [2.45, 2.75) is 19.4 Å². The average Bonchev–Trinajstić information content (AvgIpc) is 3.28. The van der Waals surface area contributed by atoms with Gasteiger partial charge in [0.25, 0.3) is 5.56 Å². The van der Waals surface area contributed by atoms with Gasteiger partial charge in [-0.25, -0.2) is 9.97 Å². The van der Waals surface area contributed by atoms with Gasteiger partial charge in [0.05, 0.1) is 11.7 Å². The van der Waals surface area contributed by atoms with Crippen molar-refractivity contribution in [2.24, 2.45) is 5.92 Å². The number of thiazole rings is 1. The number of nitrogens with one attached hydrogen (secondary N) is 2. The molecule has 158 valence electrons. The normalized spacial score (nSPS) is 15.4. The van der Waals surface area contributed by atoms with Crippen LogP contribution in [0.3, 0.4) is 0 Å². The Kier molecular flexibility index (Phi) is 5.73. The standard InChI is InChI=1S/C23H24N6OS/c30-22-18-6-9-24-21(20(18)26-15-27-22)19-14-31-23(28-19)25-12-16-7-10-29(11-8-16)13-17-4-2-1-3-5-17/h1-6,9,14-16H,7-8,10-13H2,(H,25,28)(H,26,27,30). The molecule has 1 aliphatic heterocycles. The van der Waals surface area contributed by atoms with Gasteiger partial charge in [-0.15, -0.1) is 11.3 Å². The van der Waals surface area contributed by atoms with Gasteiger partial charge < -0.3 is 10.3 Å². The number of nitrogens with zero attached hydrogens (tertiary/aromatic N) is 4. The molecule has 1 saturated heterocycles. The van der Waals surface area contributed by atoms with E-state index in [1.54, 1.807) is 23.6 Å². The van der Waals surface area contributed by atoms with Gasteiger partial charge in [-0.05, 0) is 43.5 Å². The number of anilines is 1. The number of hydrogen-bond donors (Lipinski definition) is 2. The summed E-state index contributed by atoms with van der Waals surface area (Å²) >= 11 is 1.56. The lowest BCUT2D eigenvalue weighted by atomic mass is 9.96. The molecule has 0 saturated carbocycles. The van der Waals surface area contributed by atoms with Crippen molar-refractivity contribution in [3.8, 4) is 11.4 Å². The monoisotopic (exact) mass is 432 g/mol. The van der Waals surface area contributed by atoms with Crippen LogP contribution in [0.4, 0.5) is 5.13 Å². The Morgan fingerprint density at radius 1 is 1.13 bits per heavy atom. The van der Waals surface area contributed by atoms with E-state index >= 15 is 0 Å². The van der Waals surface area contributed by atoms with Crippen LogP contribution < -0.4 is 10.9 Å². The predicted molar refractivity (Wildman–Crippen MR) is 124 cm³/mol. The molecule has 0 radical (unpaired) electrons. The highest BCUT2D eigenvalue weighted by atomic mass is 32.1. The highest BCUT2D eigenvalue weighted by Crippen LogP contribution is 2.28. The van der Waals surface area contributed by atoms with Crippen LogP contribution in [-0.2, 0) is 6.54 Å². The lowest BCUT2D eigenvalue weighted by molar-refractivity contribution is 0.182. The topological polar surface area (TPSA) is 86.8 Å². The summed E-state index contributed by atoms with van der Waals surface area (Å²) < 4.78 is 0. The summed E-state index contributed by atoms with van der Waals surface area (Å²) in [6.45, 7) is 4.22. The van der Waals surface area contributed by atoms with E-state index in [1.165, 1.54) is 24.7 Å². The third-order valence-electron chi connectivity index (χ3n) is 5.80. The van der Waals surface area contributed by atoms with Gasteiger partial charge in [0.15, 0.2) is 5.13 Å². The first-order valence-electron chi connectivity index (χ1n) is 10.5. The molecule has 2 N–H and O–H groups in total. The third kappa shape index (κ3) is 4.50. The third-order valence-corrected chi connectivity index (χ3v) is 6.60. The maximum absolute atomic E-state index is 12.0. The van der Waals surface area contributed by atoms with Gasteiger partial charge in [-0.2, -0.15) is 0 Å². The molecule has 0 amide bonds. The van der Waals surface area contributed by atoms with Crippen LogP contribution in [-0.4, -0.2) is 44.5 Å². The van der Waals surface area contributed by atoms with Crippen molar-refractivity contribution in [2.75, 3.05) is 25.0 Å². The van der Waals surface area contributed by atoms with Crippen LogP contribution in [0.25, 0.3) is 22.3 Å². The Morgan fingerprint density at radius 2 is 1.97 bits per heavy atom. The smallest absolute Gasteiger partial charge is 0.258 e. The second-order valence-corrected chi connectivity index (χ2v) is 8.77. The number of rotatable bonds is 6. The Balaban J connectivity index is 1.18. The number of aromatic nitrogens is 4. The molecule has 5 rings (SSSR count). The van der Waals surface area contributed by atoms with E-state index in [2.05, 4.69) is 55.5 Å². The highest BCUT2D eigenvalue weighted by molar-refractivity contribution is 7.14. The second kappa shape index (κ2) is 8.95. The molecule has 7 nitrogen and oxygen atoms in total. The molecule has 8 heteroatoms. The van der Waals surface area contributed by atoms with Gasteiger partial charge in [-0.3, -0.25) is 14.7 Å². The van der Waals surface area contributed by atoms with Gasteiger partial charge in [0.2, 0.25) is 0 Å². The molecule has 4 aromatic rings. The molecule has 1 aliphatic rings. The molecule has 0 aliphatic carbocycles. The summed E-state index contributed by atoms with van der Waals surface area (Å²) in [4.78, 5) is 30.6. The number of pyridine rings is 1. The van der Waals surface area contributed by atoms with E-state index < -0.39 is 0 Å². The largest absolute Gasteiger partial charge is 0.361 e. The van der Waals surface area contributed by atoms with Crippen LogP contribution >= 0.6 is 11.3 Å². The molecule has 31 heavy (non-hydrogen) atoms. The van der Waals surface area contributed by atoms with E-state index in [0.29, 0.717) is 22.5 Å². The van der Waals surface area contributed by atoms with E-state index in [1.807, 2.05) is 5.38 Å². The lowest BCUT2D eigenvalue weighted by Gasteiger charge is -2.32. The SMILES string of the molecule is O=c1[nH]cnc2c(-c3csc(NCC4CCN(Cc5ccccc5)CC4)n3)nccc12. The number of likely N-dealkylation sites (tertiary alicyclic amines) is 1. The number of aromatic amines is 1. The molecule has 0 unspecified atom stereocenters. The summed E-state index contributed by atoms with van der Waals surface area (Å²) in [6.07, 6.45) is 5.42. The Bertz CT molecular complexity index is 1210. The molecule has 1 fully saturated rings. The van der Waals surface area contributed by atoms with Crippen molar-refractivity contribution < 1.29 is 0 Å². The molecule has 1 aromatic carbocycles. The molecule has 3 aromatic heterocycles. The fourth-order valence-electron chi connectivity index (χ4n) is 4.07. The number of hydrogen-bond acceptors (Lipinski definition) is 7. The van der Waals surface area contributed by atoms with Gasteiger partial charge >= 0.3 is 0 Å². The molecule has 0 bridgehead atoms. The Hall–Kier alpha value is -3.10. The Labute approximate surface area is 184 Å². The lowest BCUT2D eigenvalue weighted by Crippen LogP contribution is -2.35. The van der Waals surface area contributed by atoms with Crippen LogP contribution in [0.15, 0.2) is 59.1 Å². The van der Waals surface area contributed by atoms with Crippen LogP contribution in [0, 0.1) is 5.92 Å². The molecule has 0 spiro atoms. The first-order chi connectivity index (χ1) is 15.3. The molecule has 0 atom stereocenters. The number of piperidine rings is 1. The minimum atomic E-state index is -0.166. The maximum atomic E-state index is 12.0. The van der Waals surface area contributed by atoms with Crippen LogP contribution in [0.1, 0.15) is 18.4 Å². The van der Waals surface area contributed by atoms with E-state index in [9.17, 15) is 4.79 Å². The van der Waals surface area contributed by atoms with Gasteiger partial charge in [0, 0.05) is 24.7 Å². The first-order valence-corrected chi connectivity index (χ1v) is 11.4. The summed E-state index contributed by atoms with van der Waals surface area (Å²) in [7, 11) is 0. The van der Waals surface area contributed by atoms with Crippen molar-refractivity contribution in [3.63, 3.8) is 0 Å². The maximum Gasteiger partial charge on any atom is 0.258 e. The van der Waals surface area contributed by atoms with Crippen molar-refractivity contribution in [1.29, 1.82) is 0 Å². The van der Waals surface area contributed by atoms with E-state index in [4.69, 9.17) is 4.98 Å². The summed E-state index contributed by atoms with van der Waals surface area (Å²) in [5.74, 6) is 0.648. The van der Waals surface area contributed by atoms with E-state index in [0.717, 1.165) is 37.0 Å². The molecular weight excluding hydrogens is 408 g/mol. The average molecular weight is 433 g/mol. The van der Waals surface area contributed by atoms with Crippen LogP contribution in [0.5, 0.6) is 0 Å². The zero-order valence-corrected chi connectivity index (χ0v) is 17.9. The number of fused-ring (bicyclic) bond motifs is 1. The zero-order valence-electron chi connectivity index (χ0n) is 17.1. The summed E-state index contributed by atoms with van der Waals surface area (Å²) in [5, 5.41) is 6.87. The van der Waals surface area contributed by atoms with E-state index in [-0.39, 0.29) is 5.56 Å². The second-order valence-electron chi connectivity index (χ2n) is 7.91. The van der Waals surface area contributed by atoms with Gasteiger partial charge in [-0.1, -0.05) is 30.3 Å². The molecular formula is C23H24N6OS. The van der Waals surface area contributed by atoms with Gasteiger partial charge in [0.1, 0.15) is 16.9 Å². The number of H-pyrrole nitrogens is 1. The summed E-state index contributed by atoms with van der Waals surface area (Å²) in [6, 6.07) is 12.4.